The first-order valence-electron chi connectivity index (χ1n) is 14.8. The number of amides is 1. The molecule has 4 N–H and O–H groups in total. The van der Waals surface area contributed by atoms with Crippen LogP contribution >= 0.6 is 0 Å². The van der Waals surface area contributed by atoms with Crippen molar-refractivity contribution in [3.8, 4) is 22.6 Å². The van der Waals surface area contributed by atoms with Crippen LogP contribution < -0.4 is 21.3 Å². The Labute approximate surface area is 246 Å². The van der Waals surface area contributed by atoms with Crippen LogP contribution in [0.25, 0.3) is 22.6 Å². The van der Waals surface area contributed by atoms with Crippen molar-refractivity contribution in [1.29, 1.82) is 0 Å². The second kappa shape index (κ2) is 11.9. The molecule has 1 saturated carbocycles. The minimum absolute atomic E-state index is 0.0336. The Morgan fingerprint density at radius 3 is 2.64 bits per heavy atom. The molecule has 1 aliphatic carbocycles. The second-order valence-corrected chi connectivity index (χ2v) is 11.8. The van der Waals surface area contributed by atoms with Gasteiger partial charge in [-0.15, -0.1) is 0 Å². The van der Waals surface area contributed by atoms with Gasteiger partial charge in [-0.2, -0.15) is 4.98 Å². The molecule has 0 radical (unpaired) electrons. The lowest BCUT2D eigenvalue weighted by Gasteiger charge is -2.46. The zero-order valence-electron chi connectivity index (χ0n) is 24.2. The van der Waals surface area contributed by atoms with Gasteiger partial charge in [-0.3, -0.25) is 9.78 Å². The van der Waals surface area contributed by atoms with Crippen molar-refractivity contribution in [3.63, 3.8) is 0 Å². The van der Waals surface area contributed by atoms with E-state index in [2.05, 4.69) is 54.7 Å². The molecule has 0 bridgehead atoms. The molecule has 0 spiro atoms. The Balaban J connectivity index is 1.13. The standard InChI is InChI=1S/C32H38N8O2/c1-21-36-31(39-42-21)28-12-11-25(19-35-28)40-16-6-14-32(2,20-40)38-27-10-4-3-9-26(27)37-29-18-23(13-15-34-29)22-7-5-8-24(17-22)30(33)41/h5,7-8,11-13,15,17-19,26-27,38H,3-4,6,9-10,14,16,20H2,1-2H3,(H2,33,41)(H,34,37). The number of primary amides is 1. The molecule has 6 rings (SSSR count). The number of aryl methyl sites for hydroxylation is 1. The van der Waals surface area contributed by atoms with E-state index in [0.717, 1.165) is 61.4 Å². The number of nitrogens with zero attached hydrogens (tertiary/aromatic N) is 5. The van der Waals surface area contributed by atoms with Gasteiger partial charge in [0.1, 0.15) is 11.5 Å². The van der Waals surface area contributed by atoms with Gasteiger partial charge in [-0.05, 0) is 80.1 Å². The lowest BCUT2D eigenvalue weighted by molar-refractivity contribution is 0.100. The number of hydrogen-bond acceptors (Lipinski definition) is 9. The zero-order chi connectivity index (χ0) is 29.1. The van der Waals surface area contributed by atoms with Gasteiger partial charge in [0, 0.05) is 49.4 Å². The van der Waals surface area contributed by atoms with Crippen LogP contribution in [-0.4, -0.2) is 56.7 Å². The predicted octanol–water partition coefficient (Wildman–Crippen LogP) is 4.97. The molecule has 4 heterocycles. The minimum Gasteiger partial charge on any atom is -0.368 e. The summed E-state index contributed by atoms with van der Waals surface area (Å²) in [5.74, 6) is 1.46. The molecule has 42 heavy (non-hydrogen) atoms. The normalized spacial score (nSPS) is 22.6. The highest BCUT2D eigenvalue weighted by Crippen LogP contribution is 2.31. The average Bonchev–Trinajstić information content (AvgIpc) is 3.44. The predicted molar refractivity (Wildman–Crippen MR) is 163 cm³/mol. The summed E-state index contributed by atoms with van der Waals surface area (Å²) in [6, 6.07) is 16.1. The van der Waals surface area contributed by atoms with Crippen molar-refractivity contribution < 1.29 is 9.32 Å². The van der Waals surface area contributed by atoms with Gasteiger partial charge < -0.3 is 25.8 Å². The molecule has 1 saturated heterocycles. The SMILES string of the molecule is Cc1nc(-c2ccc(N3CCCC(C)(NC4CCCCC4Nc4cc(-c5cccc(C(N)=O)c5)ccn4)C3)cn2)no1. The summed E-state index contributed by atoms with van der Waals surface area (Å²) < 4.78 is 5.10. The lowest BCUT2D eigenvalue weighted by atomic mass is 9.84. The number of aromatic nitrogens is 4. The number of benzene rings is 1. The number of nitrogens with two attached hydrogens (primary N) is 1. The van der Waals surface area contributed by atoms with Gasteiger partial charge in [0.2, 0.25) is 17.6 Å². The Morgan fingerprint density at radius 2 is 1.88 bits per heavy atom. The van der Waals surface area contributed by atoms with Crippen LogP contribution in [0.4, 0.5) is 11.5 Å². The molecule has 10 heteroatoms. The molecule has 1 aromatic carbocycles. The van der Waals surface area contributed by atoms with Crippen LogP contribution in [0.2, 0.25) is 0 Å². The minimum atomic E-state index is -0.428. The summed E-state index contributed by atoms with van der Waals surface area (Å²) in [5.41, 5.74) is 9.73. The highest BCUT2D eigenvalue weighted by atomic mass is 16.5. The van der Waals surface area contributed by atoms with E-state index in [9.17, 15) is 4.79 Å². The van der Waals surface area contributed by atoms with Crippen molar-refractivity contribution >= 4 is 17.4 Å². The van der Waals surface area contributed by atoms with E-state index in [0.29, 0.717) is 29.0 Å². The molecule has 2 aliphatic rings. The molecular weight excluding hydrogens is 528 g/mol. The van der Waals surface area contributed by atoms with Gasteiger partial charge in [-0.25, -0.2) is 4.98 Å². The summed E-state index contributed by atoms with van der Waals surface area (Å²) in [4.78, 5) is 27.6. The van der Waals surface area contributed by atoms with Crippen LogP contribution in [-0.2, 0) is 0 Å². The fourth-order valence-electron chi connectivity index (χ4n) is 6.34. The maximum Gasteiger partial charge on any atom is 0.248 e. The zero-order valence-corrected chi connectivity index (χ0v) is 24.2. The van der Waals surface area contributed by atoms with Gasteiger partial charge >= 0.3 is 0 Å². The van der Waals surface area contributed by atoms with Crippen LogP contribution in [0.1, 0.15) is 61.7 Å². The van der Waals surface area contributed by atoms with Crippen LogP contribution in [0.15, 0.2) is 65.4 Å². The van der Waals surface area contributed by atoms with Gasteiger partial charge in [0.05, 0.1) is 11.9 Å². The van der Waals surface area contributed by atoms with E-state index in [-0.39, 0.29) is 11.6 Å². The molecule has 4 aromatic rings. The molecule has 218 valence electrons. The van der Waals surface area contributed by atoms with Crippen molar-refractivity contribution in [3.05, 3.63) is 72.4 Å². The quantitative estimate of drug-likeness (QED) is 0.270. The monoisotopic (exact) mass is 566 g/mol. The maximum atomic E-state index is 11.7. The Bertz CT molecular complexity index is 1540. The maximum absolute atomic E-state index is 11.7. The molecule has 3 atom stereocenters. The van der Waals surface area contributed by atoms with Crippen LogP contribution in [0.5, 0.6) is 0 Å². The van der Waals surface area contributed by atoms with Crippen molar-refractivity contribution in [2.24, 2.45) is 5.73 Å². The van der Waals surface area contributed by atoms with Crippen LogP contribution in [0.3, 0.4) is 0 Å². The summed E-state index contributed by atoms with van der Waals surface area (Å²) in [7, 11) is 0. The molecule has 10 nitrogen and oxygen atoms in total. The smallest absolute Gasteiger partial charge is 0.248 e. The molecule has 1 aliphatic heterocycles. The van der Waals surface area contributed by atoms with Crippen LogP contribution in [0, 0.1) is 6.92 Å². The highest BCUT2D eigenvalue weighted by Gasteiger charge is 2.36. The van der Waals surface area contributed by atoms with E-state index in [1.165, 1.54) is 12.8 Å². The second-order valence-electron chi connectivity index (χ2n) is 11.8. The molecular formula is C32H38N8O2. The Hall–Kier alpha value is -4.31. The summed E-state index contributed by atoms with van der Waals surface area (Å²) >= 11 is 0. The van der Waals surface area contributed by atoms with E-state index in [1.54, 1.807) is 13.0 Å². The topological polar surface area (TPSA) is 135 Å². The lowest BCUT2D eigenvalue weighted by Crippen LogP contribution is -2.61. The molecule has 3 aromatic heterocycles. The van der Waals surface area contributed by atoms with E-state index in [1.807, 2.05) is 42.7 Å². The van der Waals surface area contributed by atoms with Gasteiger partial charge in [-0.1, -0.05) is 30.1 Å². The third kappa shape index (κ3) is 6.28. The number of anilines is 2. The molecule has 1 amide bonds. The summed E-state index contributed by atoms with van der Waals surface area (Å²) in [6.45, 7) is 6.03. The third-order valence-electron chi connectivity index (χ3n) is 8.44. The Morgan fingerprint density at radius 1 is 1.05 bits per heavy atom. The fraction of sp³-hybridized carbons (Fsp3) is 0.406. The van der Waals surface area contributed by atoms with Gasteiger partial charge in [0.25, 0.3) is 0 Å². The first-order chi connectivity index (χ1) is 20.3. The van der Waals surface area contributed by atoms with E-state index >= 15 is 0 Å². The number of piperidine rings is 1. The first-order valence-corrected chi connectivity index (χ1v) is 14.8. The van der Waals surface area contributed by atoms with Gasteiger partial charge in [0.15, 0.2) is 0 Å². The number of hydrogen-bond donors (Lipinski definition) is 3. The van der Waals surface area contributed by atoms with E-state index in [4.69, 9.17) is 10.3 Å². The van der Waals surface area contributed by atoms with Crippen molar-refractivity contribution in [1.82, 2.24) is 25.4 Å². The third-order valence-corrected chi connectivity index (χ3v) is 8.44. The fourth-order valence-corrected chi connectivity index (χ4v) is 6.34. The first kappa shape index (κ1) is 27.8. The largest absolute Gasteiger partial charge is 0.368 e. The molecule has 2 fully saturated rings. The van der Waals surface area contributed by atoms with E-state index < -0.39 is 5.91 Å². The number of carbonyl (C=O) groups excluding carboxylic acids is 1. The van der Waals surface area contributed by atoms with Crippen molar-refractivity contribution in [2.45, 2.75) is 70.0 Å². The number of rotatable bonds is 8. The summed E-state index contributed by atoms with van der Waals surface area (Å²) in [6.07, 6.45) is 10.6. The summed E-state index contributed by atoms with van der Waals surface area (Å²) in [5, 5.41) is 11.8. The number of carbonyl (C=O) groups is 1. The van der Waals surface area contributed by atoms with Crippen molar-refractivity contribution in [2.75, 3.05) is 23.3 Å². The Kier molecular flexibility index (Phi) is 7.88. The number of nitrogens with one attached hydrogen (secondary N) is 2. The highest BCUT2D eigenvalue weighted by molar-refractivity contribution is 5.94. The number of pyridine rings is 2. The molecule has 3 unspecified atom stereocenters. The average molecular weight is 567 g/mol.